The van der Waals surface area contributed by atoms with Gasteiger partial charge in [-0.15, -0.1) is 0 Å². The van der Waals surface area contributed by atoms with Gasteiger partial charge in [-0.05, 0) is 90.5 Å². The quantitative estimate of drug-likeness (QED) is 0.446. The molecule has 10 aliphatic rings. The minimum Gasteiger partial charge on any atom is -1.00 e. The van der Waals surface area contributed by atoms with Crippen molar-refractivity contribution in [2.75, 3.05) is 0 Å². The molecule has 0 saturated heterocycles. The van der Waals surface area contributed by atoms with E-state index in [2.05, 4.69) is 27.7 Å². The minimum absolute atomic E-state index is 0. The van der Waals surface area contributed by atoms with Crippen LogP contribution in [0.5, 0.6) is 0 Å². The normalized spacial score (nSPS) is 64.8. The molecule has 2 nitrogen and oxygen atoms in total. The maximum absolute atomic E-state index is 12.5. The van der Waals surface area contributed by atoms with E-state index in [-0.39, 0.29) is 57.9 Å². The molecular formula is C21H24Cl2NOSiTi. The maximum Gasteiger partial charge on any atom is 3.00 e. The molecule has 1 N–H and O–H groups in total. The Morgan fingerprint density at radius 2 is 1.78 bits per heavy atom. The van der Waals surface area contributed by atoms with E-state index in [1.54, 1.807) is 16.3 Å². The summed E-state index contributed by atoms with van der Waals surface area (Å²) in [5, 5.41) is 1.77. The van der Waals surface area contributed by atoms with Crippen LogP contribution in [0.1, 0.15) is 47.0 Å². The van der Waals surface area contributed by atoms with Crippen molar-refractivity contribution in [3.05, 3.63) is 16.9 Å². The molecule has 0 aromatic rings. The van der Waals surface area contributed by atoms with Gasteiger partial charge in [0.05, 0.1) is 5.91 Å². The van der Waals surface area contributed by atoms with Crippen molar-refractivity contribution in [2.45, 2.75) is 58.0 Å². The van der Waals surface area contributed by atoms with Crippen LogP contribution in [-0.2, 0) is 26.5 Å². The molecule has 141 valence electrons. The largest absolute Gasteiger partial charge is 3.00 e. The van der Waals surface area contributed by atoms with Gasteiger partial charge in [-0.25, -0.2) is 0 Å². The molecule has 27 heavy (non-hydrogen) atoms. The van der Waals surface area contributed by atoms with Gasteiger partial charge in [0.1, 0.15) is 0 Å². The standard InChI is InChI=1S/C21H25NOSi.2ClH.Ti/c1-8-9(2)11(4)24(10(8)3)13-12-5-17(16(22)23)7-18(13)14-20(17)15-19(20,6-12)21(14,15)18;;;/h10,12-15H,5-7H2,1-4H3,(H2,22,23);2*1H;/q;;;+3/p-3. The second-order valence-electron chi connectivity index (χ2n) is 11.0. The Morgan fingerprint density at radius 3 is 2.33 bits per heavy atom. The van der Waals surface area contributed by atoms with E-state index >= 15 is 0 Å². The van der Waals surface area contributed by atoms with Crippen LogP contribution >= 0.6 is 0 Å². The zero-order valence-corrected chi connectivity index (χ0v) is 20.2. The third-order valence-corrected chi connectivity index (χ3v) is 16.2. The van der Waals surface area contributed by atoms with Gasteiger partial charge in [0.2, 0.25) is 0 Å². The van der Waals surface area contributed by atoms with Crippen molar-refractivity contribution in [1.29, 1.82) is 0 Å². The van der Waals surface area contributed by atoms with Crippen molar-refractivity contribution in [1.82, 2.24) is 0 Å². The number of allylic oxidation sites excluding steroid dienone is 2. The van der Waals surface area contributed by atoms with Crippen molar-refractivity contribution in [2.24, 2.45) is 44.8 Å². The van der Waals surface area contributed by atoms with Gasteiger partial charge < -0.3 is 35.3 Å². The predicted octanol–water partition coefficient (Wildman–Crippen LogP) is -2.00. The Morgan fingerprint density at radius 1 is 1.11 bits per heavy atom. The molecule has 1 amide bonds. The van der Waals surface area contributed by atoms with Crippen LogP contribution in [0.3, 0.4) is 0 Å². The smallest absolute Gasteiger partial charge is 1.00 e. The molecule has 6 heteroatoms. The summed E-state index contributed by atoms with van der Waals surface area (Å²) < 4.78 is 0. The Hall–Kier alpha value is 0.591. The molecular weight excluding hydrogens is 429 g/mol. The molecule has 1 radical (unpaired) electrons. The van der Waals surface area contributed by atoms with Crippen LogP contribution in [0.15, 0.2) is 11.1 Å². The summed E-state index contributed by atoms with van der Waals surface area (Å²) in [5.74, 6) is 2.47. The van der Waals surface area contributed by atoms with Crippen LogP contribution in [0.4, 0.5) is 0 Å². The molecule has 0 aromatic heterocycles. The van der Waals surface area contributed by atoms with Gasteiger partial charge in [-0.2, -0.15) is 0 Å². The van der Waals surface area contributed by atoms with Gasteiger partial charge in [-0.3, -0.25) is 0 Å². The van der Waals surface area contributed by atoms with Gasteiger partial charge >= 0.3 is 21.7 Å². The third kappa shape index (κ3) is 1.07. The van der Waals surface area contributed by atoms with E-state index in [9.17, 15) is 4.79 Å². The minimum atomic E-state index is -0.518. The summed E-state index contributed by atoms with van der Waals surface area (Å²) in [6.07, 6.45) is 3.72. The van der Waals surface area contributed by atoms with Crippen LogP contribution in [0.25, 0.3) is 5.73 Å². The third-order valence-electron chi connectivity index (χ3n) is 11.9. The SMILES string of the molecule is CC1=C(C)C(C)[Si](C2C3CC4(C([NH-])=O)CC25C2C46C4C6(C3)C245)=C1C.[Cl-].[Cl-].[Ti+3]. The van der Waals surface area contributed by atoms with E-state index in [0.29, 0.717) is 16.2 Å². The van der Waals surface area contributed by atoms with Crippen molar-refractivity contribution in [3.63, 3.8) is 0 Å². The molecule has 1 aliphatic heterocycles. The second-order valence-corrected chi connectivity index (χ2v) is 14.1. The second kappa shape index (κ2) is 4.31. The molecule has 0 aromatic carbocycles. The topological polar surface area (TPSA) is 40.9 Å². The van der Waals surface area contributed by atoms with E-state index < -0.39 is 8.41 Å². The Labute approximate surface area is 189 Å². The molecule has 10 unspecified atom stereocenters. The molecule has 9 fully saturated rings. The predicted molar refractivity (Wildman–Crippen MR) is 93.8 cm³/mol. The zero-order chi connectivity index (χ0) is 16.4. The number of nitrogens with one attached hydrogen (secondary N) is 1. The molecule has 9 aliphatic carbocycles. The molecule has 1 heterocycles. The number of amides is 1. The summed E-state index contributed by atoms with van der Waals surface area (Å²) in [7, 11) is -0.518. The number of carbonyl (C=O) groups is 1. The first-order chi connectivity index (χ1) is 11.3. The Bertz CT molecular complexity index is 964. The summed E-state index contributed by atoms with van der Waals surface area (Å²) >= 11 is 0. The van der Waals surface area contributed by atoms with Crippen LogP contribution in [-0.4, -0.2) is 19.5 Å². The number of halogens is 2. The van der Waals surface area contributed by atoms with E-state index in [1.807, 2.05) is 0 Å². The fraction of sp³-hybridized carbons (Fsp3) is 0.810. The first-order valence-corrected chi connectivity index (χ1v) is 11.6. The van der Waals surface area contributed by atoms with E-state index in [4.69, 9.17) is 5.73 Å². The van der Waals surface area contributed by atoms with Gasteiger partial charge in [0.25, 0.3) is 0 Å². The summed E-state index contributed by atoms with van der Waals surface area (Å²) in [5.41, 5.74) is 15.4. The fourth-order valence-electron chi connectivity index (χ4n) is 11.9. The summed E-state index contributed by atoms with van der Waals surface area (Å²) in [4.78, 5) is 12.5. The number of rotatable bonds is 2. The molecule has 10 rings (SSSR count). The average molecular weight is 453 g/mol. The number of carbonyl (C=O) groups excluding carboxylic acids is 1. The van der Waals surface area contributed by atoms with Crippen LogP contribution in [0.2, 0.25) is 11.1 Å². The van der Waals surface area contributed by atoms with Gasteiger partial charge in [-0.1, -0.05) is 23.2 Å². The molecule has 9 saturated carbocycles. The van der Waals surface area contributed by atoms with Gasteiger partial charge in [0, 0.05) is 13.8 Å². The van der Waals surface area contributed by atoms with E-state index in [0.717, 1.165) is 47.1 Å². The Balaban J connectivity index is 0.000000534. The Kier molecular flexibility index (Phi) is 3.12. The number of hydrogen-bond donors (Lipinski definition) is 0. The van der Waals surface area contributed by atoms with Crippen molar-refractivity contribution < 1.29 is 51.3 Å². The monoisotopic (exact) mass is 452 g/mol. The van der Waals surface area contributed by atoms with Crippen molar-refractivity contribution in [3.8, 4) is 0 Å². The van der Waals surface area contributed by atoms with Crippen molar-refractivity contribution >= 4 is 19.5 Å². The molecule has 4 spiro atoms. The zero-order valence-electron chi connectivity index (χ0n) is 16.2. The molecule has 10 atom stereocenters. The van der Waals surface area contributed by atoms with Crippen LogP contribution < -0.4 is 24.8 Å². The maximum atomic E-state index is 12.5. The first kappa shape index (κ1) is 19.5. The van der Waals surface area contributed by atoms with Crippen LogP contribution in [0, 0.1) is 44.8 Å². The summed E-state index contributed by atoms with van der Waals surface area (Å²) in [6, 6.07) is 0. The number of hydrogen-bond acceptors (Lipinski definition) is 1. The molecule has 6 bridgehead atoms. The average Bonchev–Trinajstić information content (AvgIpc) is 3.33. The van der Waals surface area contributed by atoms with Gasteiger partial charge in [0.15, 0.2) is 0 Å². The first-order valence-electron chi connectivity index (χ1n) is 9.98. The summed E-state index contributed by atoms with van der Waals surface area (Å²) in [6.45, 7) is 9.70. The van der Waals surface area contributed by atoms with E-state index in [1.165, 1.54) is 6.42 Å². The fourth-order valence-corrected chi connectivity index (χ4v) is 16.7.